The van der Waals surface area contributed by atoms with E-state index in [1.807, 2.05) is 13.8 Å². The van der Waals surface area contributed by atoms with Gasteiger partial charge in [-0.3, -0.25) is 6.08 Å². The first-order valence-electron chi connectivity index (χ1n) is 6.54. The van der Waals surface area contributed by atoms with Gasteiger partial charge in [0.05, 0.1) is 0 Å². The van der Waals surface area contributed by atoms with Gasteiger partial charge >= 0.3 is 26.2 Å². The first-order valence-corrected chi connectivity index (χ1v) is 8.85. The number of hydrogen-bond donors (Lipinski definition) is 0. The van der Waals surface area contributed by atoms with Gasteiger partial charge in [-0.2, -0.15) is 11.1 Å². The van der Waals surface area contributed by atoms with E-state index in [-0.39, 0.29) is 57.1 Å². The van der Waals surface area contributed by atoms with Crippen molar-refractivity contribution in [1.82, 2.24) is 0 Å². The third kappa shape index (κ3) is 17.2. The number of halogens is 2. The van der Waals surface area contributed by atoms with Gasteiger partial charge in [0.2, 0.25) is 0 Å². The summed E-state index contributed by atoms with van der Waals surface area (Å²) in [5.41, 5.74) is 11.1. The zero-order chi connectivity index (χ0) is 14.0. The number of rotatable bonds is 1. The zero-order valence-corrected chi connectivity index (χ0v) is 19.3. The second-order valence-corrected chi connectivity index (χ2v) is 5.84. The predicted octanol–water partition coefficient (Wildman–Crippen LogP) is -0.916. The molecule has 0 aliphatic heterocycles. The molecule has 0 amide bonds. The molecule has 1 rings (SSSR count). The molecule has 0 spiro atoms. The summed E-state index contributed by atoms with van der Waals surface area (Å²) in [6, 6.07) is 0.134. The smallest absolute Gasteiger partial charge is 1.00 e. The minimum absolute atomic E-state index is 0. The minimum atomic E-state index is 0. The Bertz CT molecular complexity index is 267. The van der Waals surface area contributed by atoms with Crippen molar-refractivity contribution in [1.29, 1.82) is 0 Å². The number of allylic oxidation sites excluding steroid dienone is 4. The molecule has 117 valence electrons. The Kier molecular flexibility index (Phi) is 33.1. The van der Waals surface area contributed by atoms with E-state index in [9.17, 15) is 0 Å². The predicted molar refractivity (Wildman–Crippen MR) is 82.9 cm³/mol. The molecule has 0 aromatic heterocycles. The zero-order valence-electron chi connectivity index (χ0n) is 14.2. The number of nitrogens with one attached hydrogen (secondary N) is 1. The van der Waals surface area contributed by atoms with E-state index in [0.717, 1.165) is 15.9 Å². The van der Waals surface area contributed by atoms with Crippen molar-refractivity contribution in [3.63, 3.8) is 0 Å². The van der Waals surface area contributed by atoms with Crippen LogP contribution >= 0.6 is 0 Å². The van der Waals surface area contributed by atoms with Crippen molar-refractivity contribution >= 4 is 9.52 Å². The van der Waals surface area contributed by atoms with Crippen LogP contribution in [-0.4, -0.2) is 15.6 Å². The fourth-order valence-corrected chi connectivity index (χ4v) is 1.16. The van der Waals surface area contributed by atoms with E-state index in [1.165, 1.54) is 16.7 Å². The first kappa shape index (κ1) is 32.9. The molecule has 1 radical (unpaired) electrons. The average Bonchev–Trinajstić information content (AvgIpc) is 2.48. The molecule has 5 heteroatoms. The number of hydrogen-bond acceptors (Lipinski definition) is 0. The van der Waals surface area contributed by atoms with Crippen molar-refractivity contribution in [2.75, 3.05) is 0 Å². The van der Waals surface area contributed by atoms with E-state index in [0.29, 0.717) is 5.92 Å². The molecule has 0 aromatic rings. The maximum Gasteiger partial charge on any atom is 4.00 e. The summed E-state index contributed by atoms with van der Waals surface area (Å²) in [4.78, 5) is 0. The standard InChI is InChI=1S/C9H13.C4H10N.C2H7Si.2ClH.Zr/c1-6-5-7(2)9(4)8(6)3;1-3-4(2)5;1-3-2;;;/h6H,1-4H3;4-5H,3H2,1-2H3;3H,1-2H3;2*1H;/q2*-1;;;;+4/p-2. The molecule has 2 unspecified atom stereocenters. The van der Waals surface area contributed by atoms with E-state index < -0.39 is 0 Å². The minimum Gasteiger partial charge on any atom is -1.00 e. The van der Waals surface area contributed by atoms with Crippen LogP contribution in [0.25, 0.3) is 5.73 Å². The molecule has 1 nitrogen and oxygen atoms in total. The Morgan fingerprint density at radius 2 is 1.50 bits per heavy atom. The average molecular weight is 415 g/mol. The van der Waals surface area contributed by atoms with Gasteiger partial charge in [0.25, 0.3) is 0 Å². The Morgan fingerprint density at radius 3 is 1.55 bits per heavy atom. The molecule has 0 saturated carbocycles. The van der Waals surface area contributed by atoms with Gasteiger partial charge in [0.1, 0.15) is 0 Å². The second-order valence-electron chi connectivity index (χ2n) is 4.69. The summed E-state index contributed by atoms with van der Waals surface area (Å²) in [7, 11) is 0.750. The fourth-order valence-electron chi connectivity index (χ4n) is 1.16. The van der Waals surface area contributed by atoms with Gasteiger partial charge < -0.3 is 30.5 Å². The second kappa shape index (κ2) is 20.1. The maximum atomic E-state index is 6.83. The molecule has 2 atom stereocenters. The molecule has 0 heterocycles. The van der Waals surface area contributed by atoms with Crippen molar-refractivity contribution in [2.24, 2.45) is 5.92 Å². The molecule has 0 saturated heterocycles. The summed E-state index contributed by atoms with van der Waals surface area (Å²) in [5, 5.41) is 0. The molecule has 1 aliphatic rings. The molecule has 0 fully saturated rings. The van der Waals surface area contributed by atoms with Crippen LogP contribution in [0.5, 0.6) is 0 Å². The Labute approximate surface area is 161 Å². The Hall–Kier alpha value is 1.12. The molecule has 0 aromatic carbocycles. The summed E-state index contributed by atoms with van der Waals surface area (Å²) in [6.07, 6.45) is 4.33. The van der Waals surface area contributed by atoms with Crippen molar-refractivity contribution < 1.29 is 51.0 Å². The molecule has 1 aliphatic carbocycles. The SMILES string of the molecule is CC1=[C-]C(C)C(C)=C1C.CCC(C)[NH-].C[SiH]C.[Cl-].[Cl-].[Zr+4]. The van der Waals surface area contributed by atoms with Gasteiger partial charge in [-0.15, -0.1) is 13.0 Å². The molecule has 0 bridgehead atoms. The fraction of sp³-hybridized carbons (Fsp3) is 0.733. The van der Waals surface area contributed by atoms with Crippen LogP contribution in [0.15, 0.2) is 16.7 Å². The van der Waals surface area contributed by atoms with E-state index >= 15 is 0 Å². The quantitative estimate of drug-likeness (QED) is 0.392. The third-order valence-electron chi connectivity index (χ3n) is 2.85. The summed E-state index contributed by atoms with van der Waals surface area (Å²) in [5.74, 6) is 0.560. The monoisotopic (exact) mass is 412 g/mol. The normalized spacial score (nSPS) is 16.9. The summed E-state index contributed by atoms with van der Waals surface area (Å²) in [6.45, 7) is 17.0. The van der Waals surface area contributed by atoms with Crippen molar-refractivity contribution in [3.8, 4) is 0 Å². The molecule has 1 N–H and O–H groups in total. The topological polar surface area (TPSA) is 23.8 Å². The van der Waals surface area contributed by atoms with Crippen LogP contribution in [0.3, 0.4) is 0 Å². The molecular formula is C15H30Cl2NSiZr. The largest absolute Gasteiger partial charge is 4.00 e. The van der Waals surface area contributed by atoms with Crippen LogP contribution in [0, 0.1) is 12.0 Å². The van der Waals surface area contributed by atoms with Crippen molar-refractivity contribution in [2.45, 2.75) is 67.1 Å². The van der Waals surface area contributed by atoms with Crippen LogP contribution in [-0.2, 0) is 26.2 Å². The van der Waals surface area contributed by atoms with Gasteiger partial charge in [-0.05, 0) is 0 Å². The van der Waals surface area contributed by atoms with Gasteiger partial charge in [-0.1, -0.05) is 60.1 Å². The Morgan fingerprint density at radius 1 is 1.20 bits per heavy atom. The van der Waals surface area contributed by atoms with Gasteiger partial charge in [0, 0.05) is 9.52 Å². The Balaban J connectivity index is -0.0000000601. The molecular weight excluding hydrogens is 384 g/mol. The van der Waals surface area contributed by atoms with Crippen LogP contribution in [0.2, 0.25) is 13.1 Å². The summed E-state index contributed by atoms with van der Waals surface area (Å²) < 4.78 is 0. The van der Waals surface area contributed by atoms with Gasteiger partial charge in [-0.25, -0.2) is 5.57 Å². The van der Waals surface area contributed by atoms with E-state index in [2.05, 4.69) is 46.9 Å². The van der Waals surface area contributed by atoms with Gasteiger partial charge in [0.15, 0.2) is 0 Å². The maximum absolute atomic E-state index is 6.83. The van der Waals surface area contributed by atoms with Crippen molar-refractivity contribution in [3.05, 3.63) is 28.5 Å². The molecule has 20 heavy (non-hydrogen) atoms. The van der Waals surface area contributed by atoms with Crippen LogP contribution in [0.1, 0.15) is 48.0 Å². The van der Waals surface area contributed by atoms with E-state index in [4.69, 9.17) is 5.73 Å². The van der Waals surface area contributed by atoms with Crippen LogP contribution < -0.4 is 24.8 Å². The third-order valence-corrected chi connectivity index (χ3v) is 2.85. The van der Waals surface area contributed by atoms with E-state index in [1.54, 1.807) is 0 Å². The van der Waals surface area contributed by atoms with Crippen LogP contribution in [0.4, 0.5) is 0 Å². The first-order chi connectivity index (χ1) is 7.81. The summed E-state index contributed by atoms with van der Waals surface area (Å²) >= 11 is 0.